The van der Waals surface area contributed by atoms with Crippen molar-refractivity contribution >= 4 is 33.7 Å². The largest absolute Gasteiger partial charge is 0.459 e. The quantitative estimate of drug-likeness (QED) is 0.802. The van der Waals surface area contributed by atoms with Gasteiger partial charge in [0.15, 0.2) is 10.8 Å². The van der Waals surface area contributed by atoms with Gasteiger partial charge in [0.05, 0.1) is 0 Å². The van der Waals surface area contributed by atoms with Crippen LogP contribution in [0, 0.1) is 6.92 Å². The average molecular weight is 292 g/mol. The molecule has 1 amide bonds. The van der Waals surface area contributed by atoms with Gasteiger partial charge in [-0.1, -0.05) is 11.3 Å². The molecule has 0 aromatic carbocycles. The van der Waals surface area contributed by atoms with Crippen LogP contribution in [-0.2, 0) is 0 Å². The van der Waals surface area contributed by atoms with E-state index in [0.29, 0.717) is 21.6 Å². The van der Waals surface area contributed by atoms with E-state index in [9.17, 15) is 4.79 Å². The fraction of sp³-hybridized carbons (Fsp3) is 0.0909. The van der Waals surface area contributed by atoms with Gasteiger partial charge in [-0.2, -0.15) is 0 Å². The molecular weight excluding hydrogens is 284 g/mol. The lowest BCUT2D eigenvalue weighted by atomic mass is 10.4. The van der Waals surface area contributed by atoms with Crippen molar-refractivity contribution in [2.75, 3.05) is 5.32 Å². The van der Waals surface area contributed by atoms with Crippen molar-refractivity contribution in [3.8, 4) is 10.8 Å². The number of amides is 1. The minimum absolute atomic E-state index is 0.303. The van der Waals surface area contributed by atoms with Gasteiger partial charge in [-0.3, -0.25) is 10.1 Å². The van der Waals surface area contributed by atoms with Crippen LogP contribution in [0.15, 0.2) is 27.4 Å². The van der Waals surface area contributed by atoms with Gasteiger partial charge in [0.2, 0.25) is 5.13 Å². The van der Waals surface area contributed by atoms with Gasteiger partial charge in [0, 0.05) is 5.38 Å². The molecule has 0 aliphatic rings. The Bertz CT molecular complexity index is 702. The maximum Gasteiger partial charge on any atom is 0.276 e. The zero-order valence-corrected chi connectivity index (χ0v) is 11.4. The van der Waals surface area contributed by atoms with E-state index in [1.807, 2.05) is 19.1 Å². The Morgan fingerprint density at radius 3 is 2.95 bits per heavy atom. The summed E-state index contributed by atoms with van der Waals surface area (Å²) in [7, 11) is 0. The van der Waals surface area contributed by atoms with Crippen molar-refractivity contribution in [2.45, 2.75) is 6.92 Å². The highest BCUT2D eigenvalue weighted by Gasteiger charge is 2.14. The van der Waals surface area contributed by atoms with Crippen LogP contribution in [-0.4, -0.2) is 21.1 Å². The van der Waals surface area contributed by atoms with E-state index in [2.05, 4.69) is 20.5 Å². The molecule has 96 valence electrons. The third-order valence-electron chi connectivity index (χ3n) is 2.27. The van der Waals surface area contributed by atoms with Gasteiger partial charge in [0.25, 0.3) is 5.91 Å². The number of hydrogen-bond donors (Lipinski definition) is 1. The van der Waals surface area contributed by atoms with Crippen molar-refractivity contribution in [1.82, 2.24) is 15.2 Å². The molecule has 1 N–H and O–H groups in total. The highest BCUT2D eigenvalue weighted by atomic mass is 32.1. The van der Waals surface area contributed by atoms with Gasteiger partial charge in [-0.05, 0) is 19.1 Å². The molecule has 6 nitrogen and oxygen atoms in total. The lowest BCUT2D eigenvalue weighted by molar-refractivity contribution is 0.102. The van der Waals surface area contributed by atoms with Gasteiger partial charge < -0.3 is 4.42 Å². The van der Waals surface area contributed by atoms with E-state index in [0.717, 1.165) is 5.76 Å². The van der Waals surface area contributed by atoms with Crippen LogP contribution in [0.2, 0.25) is 0 Å². The predicted molar refractivity (Wildman–Crippen MR) is 72.4 cm³/mol. The van der Waals surface area contributed by atoms with Crippen LogP contribution in [0.4, 0.5) is 5.13 Å². The second-order valence-corrected chi connectivity index (χ2v) is 5.34. The maximum atomic E-state index is 11.9. The predicted octanol–water partition coefficient (Wildman–Crippen LogP) is 2.82. The summed E-state index contributed by atoms with van der Waals surface area (Å²) >= 11 is 2.61. The summed E-state index contributed by atoms with van der Waals surface area (Å²) in [4.78, 5) is 16.1. The standard InChI is InChI=1S/C11H8N4O2S2/c1-6-2-3-8(17-6)10-13-7(4-18-10)9(16)14-11-15-12-5-19-11/h2-5H,1H3,(H,14,15,16). The van der Waals surface area contributed by atoms with E-state index in [4.69, 9.17) is 4.42 Å². The number of carbonyl (C=O) groups excluding carboxylic acids is 1. The number of aryl methyl sites for hydroxylation is 1. The SMILES string of the molecule is Cc1ccc(-c2nc(C(=O)Nc3nncs3)cs2)o1. The summed E-state index contributed by atoms with van der Waals surface area (Å²) in [5, 5.41) is 12.8. The minimum Gasteiger partial charge on any atom is -0.459 e. The van der Waals surface area contributed by atoms with Crippen LogP contribution in [0.5, 0.6) is 0 Å². The van der Waals surface area contributed by atoms with Crippen molar-refractivity contribution in [3.05, 3.63) is 34.5 Å². The molecule has 8 heteroatoms. The Labute approximate surface area is 116 Å². The van der Waals surface area contributed by atoms with Crippen molar-refractivity contribution in [3.63, 3.8) is 0 Å². The number of furan rings is 1. The molecule has 3 rings (SSSR count). The van der Waals surface area contributed by atoms with Gasteiger partial charge >= 0.3 is 0 Å². The highest BCUT2D eigenvalue weighted by Crippen LogP contribution is 2.25. The third kappa shape index (κ3) is 2.54. The van der Waals surface area contributed by atoms with E-state index in [1.54, 1.807) is 10.9 Å². The van der Waals surface area contributed by atoms with Gasteiger partial charge in [-0.25, -0.2) is 4.98 Å². The molecule has 0 atom stereocenters. The molecular formula is C11H8N4O2S2. The summed E-state index contributed by atoms with van der Waals surface area (Å²) < 4.78 is 5.46. The number of aromatic nitrogens is 3. The smallest absolute Gasteiger partial charge is 0.276 e. The van der Waals surface area contributed by atoms with Gasteiger partial charge in [0.1, 0.15) is 17.0 Å². The lowest BCUT2D eigenvalue weighted by Gasteiger charge is -1.95. The first-order valence-corrected chi connectivity index (χ1v) is 7.08. The molecule has 0 aliphatic carbocycles. The van der Waals surface area contributed by atoms with E-state index in [-0.39, 0.29) is 5.91 Å². The second kappa shape index (κ2) is 4.90. The van der Waals surface area contributed by atoms with Crippen molar-refractivity contribution in [1.29, 1.82) is 0 Å². The summed E-state index contributed by atoms with van der Waals surface area (Å²) in [5.74, 6) is 1.17. The van der Waals surface area contributed by atoms with Gasteiger partial charge in [-0.15, -0.1) is 21.5 Å². The molecule has 0 unspecified atom stereocenters. The van der Waals surface area contributed by atoms with Crippen molar-refractivity contribution in [2.24, 2.45) is 0 Å². The number of nitrogens with zero attached hydrogens (tertiary/aromatic N) is 3. The first-order chi connectivity index (χ1) is 9.22. The first kappa shape index (κ1) is 12.0. The van der Waals surface area contributed by atoms with Crippen LogP contribution >= 0.6 is 22.7 Å². The molecule has 3 aromatic heterocycles. The summed E-state index contributed by atoms with van der Waals surface area (Å²) in [6, 6.07) is 3.69. The number of thiazole rings is 1. The zero-order chi connectivity index (χ0) is 13.2. The van der Waals surface area contributed by atoms with Crippen molar-refractivity contribution < 1.29 is 9.21 Å². The van der Waals surface area contributed by atoms with E-state index < -0.39 is 0 Å². The number of rotatable bonds is 3. The lowest BCUT2D eigenvalue weighted by Crippen LogP contribution is -2.12. The Kier molecular flexibility index (Phi) is 3.10. The molecule has 3 aromatic rings. The summed E-state index contributed by atoms with van der Waals surface area (Å²) in [6.07, 6.45) is 0. The third-order valence-corrected chi connectivity index (χ3v) is 3.73. The van der Waals surface area contributed by atoms with Crippen LogP contribution < -0.4 is 5.32 Å². The molecule has 3 heterocycles. The number of anilines is 1. The Morgan fingerprint density at radius 2 is 2.26 bits per heavy atom. The molecule has 0 spiro atoms. The molecule has 0 fully saturated rings. The molecule has 0 radical (unpaired) electrons. The average Bonchev–Trinajstić information content (AvgIpc) is 3.07. The Balaban J connectivity index is 1.79. The minimum atomic E-state index is -0.303. The highest BCUT2D eigenvalue weighted by molar-refractivity contribution is 7.14. The normalized spacial score (nSPS) is 10.6. The molecule has 0 saturated carbocycles. The second-order valence-electron chi connectivity index (χ2n) is 3.65. The number of nitrogens with one attached hydrogen (secondary N) is 1. The number of hydrogen-bond acceptors (Lipinski definition) is 7. The van der Waals surface area contributed by atoms with E-state index >= 15 is 0 Å². The first-order valence-electron chi connectivity index (χ1n) is 5.32. The van der Waals surface area contributed by atoms with E-state index in [1.165, 1.54) is 22.7 Å². The summed E-state index contributed by atoms with van der Waals surface area (Å²) in [6.45, 7) is 1.86. The summed E-state index contributed by atoms with van der Waals surface area (Å²) in [5.41, 5.74) is 1.89. The topological polar surface area (TPSA) is 80.9 Å². The Morgan fingerprint density at radius 1 is 1.37 bits per heavy atom. The molecule has 19 heavy (non-hydrogen) atoms. The van der Waals surface area contributed by atoms with Crippen LogP contribution in [0.3, 0.4) is 0 Å². The monoisotopic (exact) mass is 292 g/mol. The molecule has 0 saturated heterocycles. The Hall–Kier alpha value is -2.06. The molecule has 0 bridgehead atoms. The zero-order valence-electron chi connectivity index (χ0n) is 9.78. The number of carbonyl (C=O) groups is 1. The fourth-order valence-corrected chi connectivity index (χ4v) is 2.63. The van der Waals surface area contributed by atoms with Crippen LogP contribution in [0.25, 0.3) is 10.8 Å². The fourth-order valence-electron chi connectivity index (χ4n) is 1.43. The van der Waals surface area contributed by atoms with Crippen LogP contribution in [0.1, 0.15) is 16.2 Å². The molecule has 0 aliphatic heterocycles. The maximum absolute atomic E-state index is 11.9.